The third kappa shape index (κ3) is 2.72. The van der Waals surface area contributed by atoms with Gasteiger partial charge in [-0.25, -0.2) is 8.42 Å². The first-order chi connectivity index (χ1) is 10.00. The SMILES string of the molecule is CCn1nc(CC(=O)C2CCS(=O)(=O)C2)c2ccccc21. The van der Waals surface area contributed by atoms with Crippen molar-refractivity contribution in [2.75, 3.05) is 11.5 Å². The summed E-state index contributed by atoms with van der Waals surface area (Å²) < 4.78 is 24.9. The maximum absolute atomic E-state index is 12.3. The van der Waals surface area contributed by atoms with Gasteiger partial charge in [-0.1, -0.05) is 18.2 Å². The number of fused-ring (bicyclic) bond motifs is 1. The smallest absolute Gasteiger partial charge is 0.151 e. The lowest BCUT2D eigenvalue weighted by Gasteiger charge is -2.04. The highest BCUT2D eigenvalue weighted by atomic mass is 32.2. The molecule has 0 amide bonds. The Hall–Kier alpha value is -1.69. The number of aryl methyl sites for hydroxylation is 1. The van der Waals surface area contributed by atoms with Crippen molar-refractivity contribution < 1.29 is 13.2 Å². The zero-order valence-corrected chi connectivity index (χ0v) is 12.8. The van der Waals surface area contributed by atoms with Crippen LogP contribution in [-0.2, 0) is 27.6 Å². The topological polar surface area (TPSA) is 69.0 Å². The van der Waals surface area contributed by atoms with Crippen molar-refractivity contribution in [2.45, 2.75) is 26.3 Å². The fourth-order valence-electron chi connectivity index (χ4n) is 2.93. The van der Waals surface area contributed by atoms with Crippen molar-refractivity contribution in [3.05, 3.63) is 30.0 Å². The molecule has 0 radical (unpaired) electrons. The molecule has 6 heteroatoms. The van der Waals surface area contributed by atoms with Gasteiger partial charge >= 0.3 is 0 Å². The minimum Gasteiger partial charge on any atom is -0.299 e. The summed E-state index contributed by atoms with van der Waals surface area (Å²) in [6, 6.07) is 7.83. The average molecular weight is 306 g/mol. The number of aromatic nitrogens is 2. The normalized spacial score (nSPS) is 20.9. The molecule has 1 aromatic carbocycles. The second kappa shape index (κ2) is 5.26. The lowest BCUT2D eigenvalue weighted by atomic mass is 9.99. The van der Waals surface area contributed by atoms with Gasteiger partial charge in [0.05, 0.1) is 29.1 Å². The summed E-state index contributed by atoms with van der Waals surface area (Å²) in [6.07, 6.45) is 0.668. The predicted octanol–water partition coefficient (Wildman–Crippen LogP) is 1.60. The molecular weight excluding hydrogens is 288 g/mol. The van der Waals surface area contributed by atoms with Crippen LogP contribution in [-0.4, -0.2) is 35.5 Å². The Kier molecular flexibility index (Phi) is 3.57. The molecule has 0 aliphatic carbocycles. The van der Waals surface area contributed by atoms with Gasteiger partial charge in [0.25, 0.3) is 0 Å². The first-order valence-corrected chi connectivity index (χ1v) is 9.00. The van der Waals surface area contributed by atoms with Crippen molar-refractivity contribution in [3.8, 4) is 0 Å². The molecule has 3 rings (SSSR count). The van der Waals surface area contributed by atoms with Crippen LogP contribution in [0, 0.1) is 5.92 Å². The van der Waals surface area contributed by atoms with Gasteiger partial charge in [-0.3, -0.25) is 9.48 Å². The number of ketones is 1. The summed E-state index contributed by atoms with van der Waals surface area (Å²) in [7, 11) is -3.02. The number of hydrogen-bond donors (Lipinski definition) is 0. The molecule has 0 bridgehead atoms. The Morgan fingerprint density at radius 3 is 2.81 bits per heavy atom. The Labute approximate surface area is 123 Å². The van der Waals surface area contributed by atoms with E-state index in [1.165, 1.54) is 0 Å². The molecule has 1 saturated heterocycles. The first-order valence-electron chi connectivity index (χ1n) is 7.17. The molecule has 21 heavy (non-hydrogen) atoms. The van der Waals surface area contributed by atoms with Gasteiger partial charge in [-0.15, -0.1) is 0 Å². The van der Waals surface area contributed by atoms with Crippen LogP contribution in [0.5, 0.6) is 0 Å². The molecule has 5 nitrogen and oxygen atoms in total. The molecule has 1 aliphatic heterocycles. The third-order valence-electron chi connectivity index (χ3n) is 4.06. The second-order valence-corrected chi connectivity index (χ2v) is 7.75. The van der Waals surface area contributed by atoms with E-state index < -0.39 is 9.84 Å². The molecule has 112 valence electrons. The molecule has 1 fully saturated rings. The highest BCUT2D eigenvalue weighted by Crippen LogP contribution is 2.24. The summed E-state index contributed by atoms with van der Waals surface area (Å²) in [4.78, 5) is 12.3. The number of nitrogens with zero attached hydrogens (tertiary/aromatic N) is 2. The summed E-state index contributed by atoms with van der Waals surface area (Å²) in [5.74, 6) is -0.241. The lowest BCUT2D eigenvalue weighted by molar-refractivity contribution is -0.121. The Morgan fingerprint density at radius 1 is 1.38 bits per heavy atom. The van der Waals surface area contributed by atoms with E-state index in [4.69, 9.17) is 0 Å². The molecule has 1 unspecified atom stereocenters. The summed E-state index contributed by atoms with van der Waals surface area (Å²) in [5, 5.41) is 5.48. The molecular formula is C15H18N2O3S. The minimum atomic E-state index is -3.02. The lowest BCUT2D eigenvalue weighted by Crippen LogP contribution is -2.18. The molecule has 2 aromatic rings. The van der Waals surface area contributed by atoms with Gasteiger partial charge in [0.15, 0.2) is 9.84 Å². The number of rotatable bonds is 4. The van der Waals surface area contributed by atoms with Crippen LogP contribution >= 0.6 is 0 Å². The van der Waals surface area contributed by atoms with E-state index in [0.29, 0.717) is 6.42 Å². The van der Waals surface area contributed by atoms with Crippen molar-refractivity contribution >= 4 is 26.5 Å². The van der Waals surface area contributed by atoms with Crippen LogP contribution in [0.3, 0.4) is 0 Å². The number of para-hydroxylation sites is 1. The number of sulfone groups is 1. The monoisotopic (exact) mass is 306 g/mol. The summed E-state index contributed by atoms with van der Waals surface area (Å²) >= 11 is 0. The maximum atomic E-state index is 12.3. The number of Topliss-reactive ketones (excluding diaryl/α,β-unsaturated/α-hetero) is 1. The van der Waals surface area contributed by atoms with E-state index in [9.17, 15) is 13.2 Å². The highest BCUT2D eigenvalue weighted by Gasteiger charge is 2.33. The van der Waals surface area contributed by atoms with E-state index in [1.807, 2.05) is 35.9 Å². The van der Waals surface area contributed by atoms with Crippen molar-refractivity contribution in [1.29, 1.82) is 0 Å². The van der Waals surface area contributed by atoms with Crippen LogP contribution in [0.2, 0.25) is 0 Å². The van der Waals surface area contributed by atoms with Crippen LogP contribution in [0.4, 0.5) is 0 Å². The zero-order chi connectivity index (χ0) is 15.0. The van der Waals surface area contributed by atoms with Crippen molar-refractivity contribution in [3.63, 3.8) is 0 Å². The molecule has 1 aliphatic rings. The number of benzene rings is 1. The molecule has 1 atom stereocenters. The second-order valence-electron chi connectivity index (χ2n) is 5.52. The maximum Gasteiger partial charge on any atom is 0.151 e. The van der Waals surface area contributed by atoms with Crippen molar-refractivity contribution in [1.82, 2.24) is 9.78 Å². The molecule has 0 spiro atoms. The van der Waals surface area contributed by atoms with Gasteiger partial charge in [-0.05, 0) is 19.4 Å². The number of carbonyl (C=O) groups excluding carboxylic acids is 1. The summed E-state index contributed by atoms with van der Waals surface area (Å²) in [6.45, 7) is 2.75. The van der Waals surface area contributed by atoms with Gasteiger partial charge in [-0.2, -0.15) is 5.10 Å². The standard InChI is InChI=1S/C15H18N2O3S/c1-2-17-14-6-4-3-5-12(14)13(16-17)9-15(18)11-7-8-21(19,20)10-11/h3-6,11H,2,7-10H2,1H3. The quantitative estimate of drug-likeness (QED) is 0.860. The Bertz CT molecular complexity index is 792. The van der Waals surface area contributed by atoms with Crippen LogP contribution in [0.1, 0.15) is 19.0 Å². The van der Waals surface area contributed by atoms with Gasteiger partial charge in [0.2, 0.25) is 0 Å². The van der Waals surface area contributed by atoms with Crippen LogP contribution in [0.15, 0.2) is 24.3 Å². The Balaban J connectivity index is 1.87. The van der Waals surface area contributed by atoms with Crippen LogP contribution < -0.4 is 0 Å². The number of carbonyl (C=O) groups is 1. The molecule has 1 aromatic heterocycles. The predicted molar refractivity (Wildman–Crippen MR) is 80.9 cm³/mol. The van der Waals surface area contributed by atoms with E-state index in [-0.39, 0.29) is 29.6 Å². The van der Waals surface area contributed by atoms with E-state index in [2.05, 4.69) is 5.10 Å². The summed E-state index contributed by atoms with van der Waals surface area (Å²) in [5.41, 5.74) is 1.77. The van der Waals surface area contributed by atoms with Crippen LogP contribution in [0.25, 0.3) is 10.9 Å². The fraction of sp³-hybridized carbons (Fsp3) is 0.467. The molecule has 2 heterocycles. The third-order valence-corrected chi connectivity index (χ3v) is 5.83. The van der Waals surface area contributed by atoms with Gasteiger partial charge in [0, 0.05) is 17.8 Å². The number of hydrogen-bond acceptors (Lipinski definition) is 4. The van der Waals surface area contributed by atoms with Crippen molar-refractivity contribution in [2.24, 2.45) is 5.92 Å². The van der Waals surface area contributed by atoms with E-state index in [0.717, 1.165) is 23.1 Å². The zero-order valence-electron chi connectivity index (χ0n) is 11.9. The van der Waals surface area contributed by atoms with Gasteiger partial charge < -0.3 is 0 Å². The molecule has 0 N–H and O–H groups in total. The fourth-order valence-corrected chi connectivity index (χ4v) is 4.70. The molecule has 0 saturated carbocycles. The minimum absolute atomic E-state index is 0.00173. The highest BCUT2D eigenvalue weighted by molar-refractivity contribution is 7.91. The van der Waals surface area contributed by atoms with Gasteiger partial charge in [0.1, 0.15) is 5.78 Å². The largest absolute Gasteiger partial charge is 0.299 e. The first kappa shape index (κ1) is 14.3. The van der Waals surface area contributed by atoms with E-state index >= 15 is 0 Å². The van der Waals surface area contributed by atoms with E-state index in [1.54, 1.807) is 0 Å². The average Bonchev–Trinajstić information content (AvgIpc) is 3.00. The Morgan fingerprint density at radius 2 is 2.14 bits per heavy atom.